The fraction of sp³-hybridized carbons (Fsp3) is 0. The highest BCUT2D eigenvalue weighted by Gasteiger charge is 2.13. The molecule has 2 aromatic heterocycles. The van der Waals surface area contributed by atoms with Crippen LogP contribution in [-0.4, -0.2) is 25.1 Å². The molecular formula is C11H8N2O4S. The number of phenols is 1. The number of aromatic nitrogens is 2. The molecule has 0 fully saturated rings. The molecule has 2 heterocycles. The Kier molecular flexibility index (Phi) is 2.27. The smallest absolute Gasteiger partial charge is 0.337 e. The van der Waals surface area contributed by atoms with Crippen LogP contribution in [0.2, 0.25) is 0 Å². The molecule has 6 nitrogen and oxygen atoms in total. The van der Waals surface area contributed by atoms with Crippen LogP contribution in [0.3, 0.4) is 0 Å². The quantitative estimate of drug-likeness (QED) is 0.619. The number of fused-ring (bicyclic) bond motifs is 1. The monoisotopic (exact) mass is 264 g/mol. The predicted molar refractivity (Wildman–Crippen MR) is 64.6 cm³/mol. The van der Waals surface area contributed by atoms with Crippen LogP contribution in [0, 0.1) is 0 Å². The summed E-state index contributed by atoms with van der Waals surface area (Å²) >= 11 is 1.02. The first-order chi connectivity index (χ1) is 8.63. The highest BCUT2D eigenvalue weighted by Crippen LogP contribution is 2.34. The van der Waals surface area contributed by atoms with E-state index < -0.39 is 0 Å². The zero-order chi connectivity index (χ0) is 12.7. The predicted octanol–water partition coefficient (Wildman–Crippen LogP) is 2.54. The molecule has 0 bridgehead atoms. The first-order valence-corrected chi connectivity index (χ1v) is 5.82. The topological polar surface area (TPSA) is 87.7 Å². The van der Waals surface area contributed by atoms with Gasteiger partial charge in [-0.15, -0.1) is 4.73 Å². The van der Waals surface area contributed by atoms with Gasteiger partial charge >= 0.3 is 6.01 Å². The van der Waals surface area contributed by atoms with Crippen LogP contribution in [-0.2, 0) is 0 Å². The molecule has 0 aliphatic carbocycles. The maximum Gasteiger partial charge on any atom is 0.337 e. The summed E-state index contributed by atoms with van der Waals surface area (Å²) in [7, 11) is 0. The SMILES string of the molecule is Oc1ccc2c(c1)nc(Oc1ccc(O)s1)n2O. The summed E-state index contributed by atoms with van der Waals surface area (Å²) < 4.78 is 6.12. The van der Waals surface area contributed by atoms with E-state index in [1.807, 2.05) is 0 Å². The van der Waals surface area contributed by atoms with Crippen molar-refractivity contribution in [3.8, 4) is 21.9 Å². The van der Waals surface area contributed by atoms with Crippen molar-refractivity contribution in [1.29, 1.82) is 0 Å². The lowest BCUT2D eigenvalue weighted by Gasteiger charge is -2.00. The second-order valence-corrected chi connectivity index (χ2v) is 4.60. The van der Waals surface area contributed by atoms with Crippen molar-refractivity contribution in [3.05, 3.63) is 30.3 Å². The van der Waals surface area contributed by atoms with Crippen molar-refractivity contribution >= 4 is 22.4 Å². The summed E-state index contributed by atoms with van der Waals surface area (Å²) in [6.07, 6.45) is 0. The van der Waals surface area contributed by atoms with Crippen molar-refractivity contribution in [2.75, 3.05) is 0 Å². The molecule has 1 aromatic carbocycles. The fourth-order valence-electron chi connectivity index (χ4n) is 1.56. The molecule has 18 heavy (non-hydrogen) atoms. The van der Waals surface area contributed by atoms with E-state index in [1.54, 1.807) is 6.07 Å². The van der Waals surface area contributed by atoms with Gasteiger partial charge in [0.25, 0.3) is 0 Å². The number of hydrogen-bond donors (Lipinski definition) is 3. The van der Waals surface area contributed by atoms with Crippen molar-refractivity contribution in [3.63, 3.8) is 0 Å². The van der Waals surface area contributed by atoms with Gasteiger partial charge in [-0.1, -0.05) is 11.3 Å². The molecule has 0 radical (unpaired) electrons. The first kappa shape index (κ1) is 10.7. The Morgan fingerprint density at radius 1 is 1.17 bits per heavy atom. The van der Waals surface area contributed by atoms with Gasteiger partial charge in [-0.05, 0) is 24.3 Å². The van der Waals surface area contributed by atoms with Gasteiger partial charge in [-0.3, -0.25) is 0 Å². The summed E-state index contributed by atoms with van der Waals surface area (Å²) in [5, 5.41) is 28.9. The van der Waals surface area contributed by atoms with Crippen LogP contribution in [0.4, 0.5) is 0 Å². The zero-order valence-electron chi connectivity index (χ0n) is 8.94. The Morgan fingerprint density at radius 3 is 2.72 bits per heavy atom. The first-order valence-electron chi connectivity index (χ1n) is 5.01. The van der Waals surface area contributed by atoms with E-state index in [0.717, 1.165) is 16.1 Å². The van der Waals surface area contributed by atoms with Crippen LogP contribution < -0.4 is 4.74 Å². The summed E-state index contributed by atoms with van der Waals surface area (Å²) in [4.78, 5) is 4.03. The van der Waals surface area contributed by atoms with E-state index in [-0.39, 0.29) is 16.8 Å². The Hall–Kier alpha value is -2.41. The fourth-order valence-corrected chi connectivity index (χ4v) is 2.15. The largest absolute Gasteiger partial charge is 0.508 e. The van der Waals surface area contributed by atoms with Crippen LogP contribution in [0.5, 0.6) is 21.9 Å². The highest BCUT2D eigenvalue weighted by atomic mass is 32.1. The van der Waals surface area contributed by atoms with Gasteiger partial charge in [-0.25, -0.2) is 0 Å². The Balaban J connectivity index is 2.04. The number of hydrogen-bond acceptors (Lipinski definition) is 6. The van der Waals surface area contributed by atoms with Crippen molar-refractivity contribution in [1.82, 2.24) is 9.71 Å². The number of rotatable bonds is 2. The number of aromatic hydroxyl groups is 2. The molecule has 0 unspecified atom stereocenters. The molecule has 3 rings (SSSR count). The standard InChI is InChI=1S/C11H8N2O4S/c14-6-1-2-8-7(5-6)12-11(13(8)16)17-10-4-3-9(15)18-10/h1-5,14-16H. The molecule has 0 aliphatic rings. The number of nitrogens with zero attached hydrogens (tertiary/aromatic N) is 2. The summed E-state index contributed by atoms with van der Waals surface area (Å²) in [6, 6.07) is 7.40. The van der Waals surface area contributed by atoms with E-state index >= 15 is 0 Å². The second-order valence-electron chi connectivity index (χ2n) is 3.57. The Bertz CT molecular complexity index is 719. The van der Waals surface area contributed by atoms with Crippen LogP contribution >= 0.6 is 11.3 Å². The van der Waals surface area contributed by atoms with Gasteiger partial charge in [0, 0.05) is 6.07 Å². The number of benzene rings is 1. The third-order valence-electron chi connectivity index (χ3n) is 2.34. The molecule has 3 N–H and O–H groups in total. The van der Waals surface area contributed by atoms with E-state index in [0.29, 0.717) is 16.1 Å². The van der Waals surface area contributed by atoms with Crippen LogP contribution in [0.25, 0.3) is 11.0 Å². The van der Waals surface area contributed by atoms with Crippen molar-refractivity contribution in [2.24, 2.45) is 0 Å². The molecular weight excluding hydrogens is 256 g/mol. The third-order valence-corrected chi connectivity index (χ3v) is 3.11. The molecule has 0 aliphatic heterocycles. The van der Waals surface area contributed by atoms with E-state index in [1.165, 1.54) is 24.3 Å². The van der Waals surface area contributed by atoms with Gasteiger partial charge in [0.05, 0.1) is 5.52 Å². The Labute approximate surface area is 105 Å². The van der Waals surface area contributed by atoms with Crippen LogP contribution in [0.1, 0.15) is 0 Å². The molecule has 0 atom stereocenters. The summed E-state index contributed by atoms with van der Waals surface area (Å²) in [5.74, 6) is 0.0564. The second kappa shape index (κ2) is 3.81. The maximum absolute atomic E-state index is 9.84. The van der Waals surface area contributed by atoms with Crippen molar-refractivity contribution < 1.29 is 20.2 Å². The minimum absolute atomic E-state index is 0.0301. The van der Waals surface area contributed by atoms with Gasteiger partial charge in [0.1, 0.15) is 11.3 Å². The zero-order valence-corrected chi connectivity index (χ0v) is 9.76. The normalized spacial score (nSPS) is 10.9. The minimum Gasteiger partial charge on any atom is -0.508 e. The van der Waals surface area contributed by atoms with Gasteiger partial charge in [-0.2, -0.15) is 4.98 Å². The van der Waals surface area contributed by atoms with E-state index in [9.17, 15) is 15.4 Å². The van der Waals surface area contributed by atoms with Gasteiger partial charge < -0.3 is 20.2 Å². The number of imidazole rings is 1. The van der Waals surface area contributed by atoms with E-state index in [2.05, 4.69) is 4.98 Å². The number of phenolic OH excluding ortho intramolecular Hbond substituents is 1. The molecule has 0 spiro atoms. The summed E-state index contributed by atoms with van der Waals surface area (Å²) in [6.45, 7) is 0. The average molecular weight is 264 g/mol. The average Bonchev–Trinajstić information content (AvgIpc) is 2.85. The lowest BCUT2D eigenvalue weighted by Crippen LogP contribution is -1.94. The Morgan fingerprint density at radius 2 is 2.00 bits per heavy atom. The van der Waals surface area contributed by atoms with Crippen molar-refractivity contribution in [2.45, 2.75) is 0 Å². The lowest BCUT2D eigenvalue weighted by atomic mass is 10.3. The van der Waals surface area contributed by atoms with E-state index in [4.69, 9.17) is 4.74 Å². The molecule has 0 saturated heterocycles. The maximum atomic E-state index is 9.84. The molecule has 0 amide bonds. The number of thiophene rings is 1. The molecule has 3 aromatic rings. The van der Waals surface area contributed by atoms with Gasteiger partial charge in [0.15, 0.2) is 10.1 Å². The summed E-state index contributed by atoms with van der Waals surface area (Å²) in [5.41, 5.74) is 0.830. The lowest BCUT2D eigenvalue weighted by molar-refractivity contribution is 0.168. The molecule has 0 saturated carbocycles. The van der Waals surface area contributed by atoms with Gasteiger partial charge in [0.2, 0.25) is 0 Å². The molecule has 92 valence electrons. The number of ether oxygens (including phenoxy) is 1. The highest BCUT2D eigenvalue weighted by molar-refractivity contribution is 7.15. The third kappa shape index (κ3) is 1.70. The van der Waals surface area contributed by atoms with Crippen LogP contribution in [0.15, 0.2) is 30.3 Å². The minimum atomic E-state index is -0.0301. The molecule has 7 heteroatoms.